The number of pyridine rings is 1. The lowest BCUT2D eigenvalue weighted by molar-refractivity contribution is -0.130. The third-order valence-electron chi connectivity index (χ3n) is 7.57. The highest BCUT2D eigenvalue weighted by Crippen LogP contribution is 2.35. The van der Waals surface area contributed by atoms with Crippen molar-refractivity contribution in [2.75, 3.05) is 12.4 Å². The lowest BCUT2D eigenvalue weighted by Gasteiger charge is -2.34. The number of hydrogen-bond donors (Lipinski definition) is 2. The van der Waals surface area contributed by atoms with Crippen LogP contribution in [0.1, 0.15) is 58.4 Å². The molecule has 0 atom stereocenters. The van der Waals surface area contributed by atoms with Crippen molar-refractivity contribution in [1.29, 1.82) is 0 Å². The Morgan fingerprint density at radius 3 is 2.32 bits per heavy atom. The Hall–Kier alpha value is -3.58. The molecule has 6 nitrogen and oxygen atoms in total. The number of nitrogens with one attached hydrogen (secondary N) is 1. The molecule has 1 saturated carbocycles. The van der Waals surface area contributed by atoms with E-state index in [9.17, 15) is 14.0 Å². The zero-order chi connectivity index (χ0) is 27.4. The second-order valence-corrected chi connectivity index (χ2v) is 11.0. The maximum atomic E-state index is 14.9. The number of hydrogen-bond acceptors (Lipinski definition) is 4. The summed E-state index contributed by atoms with van der Waals surface area (Å²) in [4.78, 5) is 31.0. The minimum Gasteiger partial charge on any atom is -0.343 e. The Balaban J connectivity index is 1.53. The Kier molecular flexibility index (Phi) is 8.26. The molecule has 3 aromatic rings. The van der Waals surface area contributed by atoms with Gasteiger partial charge in [-0.25, -0.2) is 4.39 Å². The smallest absolute Gasteiger partial charge is 0.224 e. The van der Waals surface area contributed by atoms with Crippen molar-refractivity contribution in [1.82, 2.24) is 9.88 Å². The monoisotopic (exact) mass is 516 g/mol. The summed E-state index contributed by atoms with van der Waals surface area (Å²) in [6, 6.07) is 16.4. The lowest BCUT2D eigenvalue weighted by Crippen LogP contribution is -2.38. The second kappa shape index (κ2) is 11.4. The zero-order valence-electron chi connectivity index (χ0n) is 22.6. The molecule has 0 unspecified atom stereocenters. The van der Waals surface area contributed by atoms with E-state index in [0.29, 0.717) is 28.9 Å². The van der Waals surface area contributed by atoms with Gasteiger partial charge in [0.15, 0.2) is 0 Å². The highest BCUT2D eigenvalue weighted by Gasteiger charge is 2.26. The predicted molar refractivity (Wildman–Crippen MR) is 150 cm³/mol. The van der Waals surface area contributed by atoms with E-state index in [-0.39, 0.29) is 29.6 Å². The number of rotatable bonds is 7. The molecule has 200 valence electrons. The summed E-state index contributed by atoms with van der Waals surface area (Å²) in [5.74, 6) is -0.0925. The van der Waals surface area contributed by atoms with E-state index in [4.69, 9.17) is 5.73 Å². The van der Waals surface area contributed by atoms with Crippen LogP contribution < -0.4 is 11.1 Å². The van der Waals surface area contributed by atoms with Crippen LogP contribution >= 0.6 is 0 Å². The maximum Gasteiger partial charge on any atom is 0.224 e. The summed E-state index contributed by atoms with van der Waals surface area (Å²) >= 11 is 0. The van der Waals surface area contributed by atoms with Gasteiger partial charge in [0, 0.05) is 48.7 Å². The molecular formula is C31H37FN4O2. The van der Waals surface area contributed by atoms with Crippen LogP contribution in [0, 0.1) is 11.7 Å². The average Bonchev–Trinajstić information content (AvgIpc) is 2.88. The number of nitrogens with two attached hydrogens (primary N) is 1. The van der Waals surface area contributed by atoms with Crippen LogP contribution in [0.5, 0.6) is 0 Å². The topological polar surface area (TPSA) is 88.3 Å². The molecule has 4 rings (SSSR count). The second-order valence-electron chi connectivity index (χ2n) is 11.0. The van der Waals surface area contributed by atoms with E-state index < -0.39 is 5.54 Å². The van der Waals surface area contributed by atoms with Crippen LogP contribution in [0.3, 0.4) is 0 Å². The van der Waals surface area contributed by atoms with Gasteiger partial charge >= 0.3 is 0 Å². The van der Waals surface area contributed by atoms with Crippen molar-refractivity contribution in [3.8, 4) is 22.4 Å². The summed E-state index contributed by atoms with van der Waals surface area (Å²) in [7, 11) is 1.84. The van der Waals surface area contributed by atoms with Crippen molar-refractivity contribution in [3.63, 3.8) is 0 Å². The predicted octanol–water partition coefficient (Wildman–Crippen LogP) is 6.11. The number of nitrogens with zero attached hydrogens (tertiary/aromatic N) is 2. The normalized spacial score (nSPS) is 17.6. The third kappa shape index (κ3) is 6.45. The summed E-state index contributed by atoms with van der Waals surface area (Å²) in [5.41, 5.74) is 9.76. The number of anilines is 1. The number of carbonyl (C=O) groups is 2. The minimum atomic E-state index is -0.475. The summed E-state index contributed by atoms with van der Waals surface area (Å²) in [5, 5.41) is 2.97. The lowest BCUT2D eigenvalue weighted by atomic mass is 9.83. The summed E-state index contributed by atoms with van der Waals surface area (Å²) < 4.78 is 14.9. The molecule has 1 aromatic heterocycles. The average molecular weight is 517 g/mol. The number of amides is 2. The van der Waals surface area contributed by atoms with Gasteiger partial charge in [-0.05, 0) is 63.1 Å². The highest BCUT2D eigenvalue weighted by atomic mass is 19.1. The first-order chi connectivity index (χ1) is 18.0. The number of aromatic nitrogens is 1. The van der Waals surface area contributed by atoms with E-state index in [1.54, 1.807) is 42.3 Å². The van der Waals surface area contributed by atoms with E-state index in [1.807, 2.05) is 45.2 Å². The zero-order valence-corrected chi connectivity index (χ0v) is 22.6. The van der Waals surface area contributed by atoms with Crippen molar-refractivity contribution in [3.05, 3.63) is 72.2 Å². The van der Waals surface area contributed by atoms with Gasteiger partial charge in [0.1, 0.15) is 5.82 Å². The van der Waals surface area contributed by atoms with Gasteiger partial charge in [-0.15, -0.1) is 0 Å². The van der Waals surface area contributed by atoms with E-state index >= 15 is 0 Å². The SMILES string of the molecule is CC(=O)N(C)[C@H]1CC[C@H](CC(=O)Nc2cnc(-c3ccc(C(C)(C)N)cc3)c(-c3ccccc3F)c2)CC1. The molecule has 7 heteroatoms. The Bertz CT molecular complexity index is 1290. The van der Waals surface area contributed by atoms with E-state index in [1.165, 1.54) is 6.07 Å². The molecule has 0 aliphatic heterocycles. The molecule has 0 spiro atoms. The molecule has 2 aromatic carbocycles. The molecule has 1 fully saturated rings. The van der Waals surface area contributed by atoms with Crippen LogP contribution in [0.4, 0.5) is 10.1 Å². The molecule has 1 aliphatic rings. The fraction of sp³-hybridized carbons (Fsp3) is 0.387. The molecule has 3 N–H and O–H groups in total. The van der Waals surface area contributed by atoms with Gasteiger partial charge in [0.2, 0.25) is 11.8 Å². The summed E-state index contributed by atoms with van der Waals surface area (Å²) in [6.45, 7) is 5.47. The van der Waals surface area contributed by atoms with Gasteiger partial charge in [-0.3, -0.25) is 14.6 Å². The van der Waals surface area contributed by atoms with Gasteiger partial charge in [-0.2, -0.15) is 0 Å². The molecule has 38 heavy (non-hydrogen) atoms. The van der Waals surface area contributed by atoms with Crippen LogP contribution in [0.15, 0.2) is 60.8 Å². The van der Waals surface area contributed by atoms with Gasteiger partial charge in [0.05, 0.1) is 17.6 Å². The molecule has 0 saturated heterocycles. The molecule has 2 amide bonds. The minimum absolute atomic E-state index is 0.0759. The standard InChI is InChI=1S/C31H37FN4O2/c1-20(37)36(4)25-15-9-21(10-16-25)17-29(38)35-24-18-27(26-7-5-6-8-28(26)32)30(34-19-24)22-11-13-23(14-12-22)31(2,3)33/h5-8,11-14,18-19,21,25H,9-10,15-17,33H2,1-4H3,(H,35,38)/t21-,25-. The summed E-state index contributed by atoms with van der Waals surface area (Å²) in [6.07, 6.45) is 5.65. The number of carbonyl (C=O) groups excluding carboxylic acids is 2. The fourth-order valence-corrected chi connectivity index (χ4v) is 5.17. The Labute approximate surface area is 224 Å². The molecule has 0 bridgehead atoms. The maximum absolute atomic E-state index is 14.9. The van der Waals surface area contributed by atoms with Crippen molar-refractivity contribution < 1.29 is 14.0 Å². The van der Waals surface area contributed by atoms with Gasteiger partial charge in [0.25, 0.3) is 0 Å². The fourth-order valence-electron chi connectivity index (χ4n) is 5.17. The Morgan fingerprint density at radius 1 is 1.05 bits per heavy atom. The third-order valence-corrected chi connectivity index (χ3v) is 7.57. The van der Waals surface area contributed by atoms with Crippen molar-refractivity contribution in [2.45, 2.75) is 64.5 Å². The highest BCUT2D eigenvalue weighted by molar-refractivity contribution is 5.93. The molecule has 0 radical (unpaired) electrons. The van der Waals surface area contributed by atoms with Gasteiger partial charge < -0.3 is 16.0 Å². The first-order valence-corrected chi connectivity index (χ1v) is 13.2. The van der Waals surface area contributed by atoms with Crippen LogP contribution in [0.25, 0.3) is 22.4 Å². The quantitative estimate of drug-likeness (QED) is 0.396. The van der Waals surface area contributed by atoms with E-state index in [0.717, 1.165) is 36.8 Å². The molecule has 1 heterocycles. The Morgan fingerprint density at radius 2 is 1.71 bits per heavy atom. The first-order valence-electron chi connectivity index (χ1n) is 13.2. The number of benzene rings is 2. The van der Waals surface area contributed by atoms with E-state index in [2.05, 4.69) is 10.3 Å². The molecule has 1 aliphatic carbocycles. The van der Waals surface area contributed by atoms with Crippen LogP contribution in [-0.4, -0.2) is 34.8 Å². The number of halogens is 1. The van der Waals surface area contributed by atoms with Gasteiger partial charge in [-0.1, -0.05) is 42.5 Å². The molecular weight excluding hydrogens is 479 g/mol. The largest absolute Gasteiger partial charge is 0.343 e. The van der Waals surface area contributed by atoms with Crippen LogP contribution in [0.2, 0.25) is 0 Å². The van der Waals surface area contributed by atoms with Crippen molar-refractivity contribution in [2.24, 2.45) is 11.7 Å². The van der Waals surface area contributed by atoms with Crippen LogP contribution in [-0.2, 0) is 15.1 Å². The first kappa shape index (κ1) is 27.5. The van der Waals surface area contributed by atoms with Crippen molar-refractivity contribution >= 4 is 17.5 Å².